The van der Waals surface area contributed by atoms with Gasteiger partial charge in [0, 0.05) is 25.6 Å². The van der Waals surface area contributed by atoms with E-state index in [4.69, 9.17) is 5.73 Å². The van der Waals surface area contributed by atoms with Gasteiger partial charge in [0.15, 0.2) is 0 Å². The number of carbonyl (C=O) groups is 1. The molecule has 3 N–H and O–H groups in total. The van der Waals surface area contributed by atoms with E-state index in [9.17, 15) is 4.79 Å². The molecule has 0 saturated carbocycles. The lowest BCUT2D eigenvalue weighted by atomic mass is 9.98. The van der Waals surface area contributed by atoms with Crippen molar-refractivity contribution in [1.82, 2.24) is 10.2 Å². The monoisotopic (exact) mass is 213 g/mol. The summed E-state index contributed by atoms with van der Waals surface area (Å²) in [6, 6.07) is 0. The zero-order valence-electron chi connectivity index (χ0n) is 9.83. The van der Waals surface area contributed by atoms with Crippen molar-refractivity contribution in [3.63, 3.8) is 0 Å². The fourth-order valence-electron chi connectivity index (χ4n) is 1.97. The zero-order valence-corrected chi connectivity index (χ0v) is 9.83. The SMILES string of the molecule is CC(CN)C(=O)NCC1CCCN(C)C1. The molecule has 2 atom stereocenters. The molecule has 0 aromatic carbocycles. The molecular formula is C11H23N3O. The number of piperidine rings is 1. The molecule has 0 radical (unpaired) electrons. The van der Waals surface area contributed by atoms with Gasteiger partial charge in [0.1, 0.15) is 0 Å². The summed E-state index contributed by atoms with van der Waals surface area (Å²) >= 11 is 0. The van der Waals surface area contributed by atoms with Crippen molar-refractivity contribution in [2.75, 3.05) is 33.2 Å². The van der Waals surface area contributed by atoms with Crippen molar-refractivity contribution in [3.05, 3.63) is 0 Å². The Morgan fingerprint density at radius 2 is 2.40 bits per heavy atom. The summed E-state index contributed by atoms with van der Waals surface area (Å²) < 4.78 is 0. The van der Waals surface area contributed by atoms with Gasteiger partial charge < -0.3 is 16.0 Å². The summed E-state index contributed by atoms with van der Waals surface area (Å²) in [6.07, 6.45) is 2.46. The molecule has 0 aromatic rings. The van der Waals surface area contributed by atoms with Gasteiger partial charge in [-0.1, -0.05) is 6.92 Å². The van der Waals surface area contributed by atoms with Crippen LogP contribution < -0.4 is 11.1 Å². The lowest BCUT2D eigenvalue weighted by Crippen LogP contribution is -2.41. The fraction of sp³-hybridized carbons (Fsp3) is 0.909. The van der Waals surface area contributed by atoms with Crippen molar-refractivity contribution in [2.24, 2.45) is 17.6 Å². The second-order valence-electron chi connectivity index (χ2n) is 4.65. The molecule has 0 aromatic heterocycles. The van der Waals surface area contributed by atoms with Gasteiger partial charge in [-0.3, -0.25) is 4.79 Å². The molecule has 0 bridgehead atoms. The van der Waals surface area contributed by atoms with E-state index in [1.54, 1.807) is 0 Å². The Morgan fingerprint density at radius 3 is 3.00 bits per heavy atom. The summed E-state index contributed by atoms with van der Waals surface area (Å²) in [6.45, 7) is 5.37. The number of nitrogens with two attached hydrogens (primary N) is 1. The number of carbonyl (C=O) groups excluding carboxylic acids is 1. The molecule has 1 heterocycles. The van der Waals surface area contributed by atoms with Crippen molar-refractivity contribution in [1.29, 1.82) is 0 Å². The summed E-state index contributed by atoms with van der Waals surface area (Å²) in [5.41, 5.74) is 5.43. The molecule has 1 fully saturated rings. The van der Waals surface area contributed by atoms with E-state index in [0.29, 0.717) is 12.5 Å². The Hall–Kier alpha value is -0.610. The maximum Gasteiger partial charge on any atom is 0.224 e. The van der Waals surface area contributed by atoms with Crippen LogP contribution in [-0.4, -0.2) is 44.0 Å². The maximum atomic E-state index is 11.5. The average molecular weight is 213 g/mol. The lowest BCUT2D eigenvalue weighted by molar-refractivity contribution is -0.124. The first-order chi connectivity index (χ1) is 7.13. The standard InChI is InChI=1S/C11H23N3O/c1-9(6-12)11(15)13-7-10-4-3-5-14(2)8-10/h9-10H,3-8,12H2,1-2H3,(H,13,15). The first-order valence-corrected chi connectivity index (χ1v) is 5.79. The number of amides is 1. The highest BCUT2D eigenvalue weighted by atomic mass is 16.1. The van der Waals surface area contributed by atoms with E-state index in [-0.39, 0.29) is 11.8 Å². The maximum absolute atomic E-state index is 11.5. The van der Waals surface area contributed by atoms with Crippen LogP contribution in [-0.2, 0) is 4.79 Å². The molecule has 88 valence electrons. The Kier molecular flexibility index (Phi) is 5.05. The normalized spacial score (nSPS) is 24.9. The van der Waals surface area contributed by atoms with Gasteiger partial charge in [-0.05, 0) is 32.4 Å². The minimum absolute atomic E-state index is 0.0636. The third-order valence-corrected chi connectivity index (χ3v) is 3.09. The van der Waals surface area contributed by atoms with Crippen molar-refractivity contribution >= 4 is 5.91 Å². The Balaban J connectivity index is 2.21. The number of likely N-dealkylation sites (tertiary alicyclic amines) is 1. The molecule has 0 aliphatic carbocycles. The van der Waals surface area contributed by atoms with Gasteiger partial charge in [0.25, 0.3) is 0 Å². The van der Waals surface area contributed by atoms with Crippen LogP contribution >= 0.6 is 0 Å². The Labute approximate surface area is 92.2 Å². The molecule has 1 saturated heterocycles. The lowest BCUT2D eigenvalue weighted by Gasteiger charge is -2.29. The second kappa shape index (κ2) is 6.08. The van der Waals surface area contributed by atoms with Crippen LogP contribution in [0.15, 0.2) is 0 Å². The minimum Gasteiger partial charge on any atom is -0.356 e. The van der Waals surface area contributed by atoms with E-state index in [0.717, 1.165) is 13.1 Å². The van der Waals surface area contributed by atoms with E-state index in [1.807, 2.05) is 6.92 Å². The quantitative estimate of drug-likeness (QED) is 0.693. The third kappa shape index (κ3) is 4.18. The molecule has 1 aliphatic rings. The van der Waals surface area contributed by atoms with E-state index in [1.165, 1.54) is 19.4 Å². The molecule has 0 spiro atoms. The van der Waals surface area contributed by atoms with Crippen molar-refractivity contribution in [3.8, 4) is 0 Å². The van der Waals surface area contributed by atoms with E-state index in [2.05, 4.69) is 17.3 Å². The van der Waals surface area contributed by atoms with E-state index < -0.39 is 0 Å². The fourth-order valence-corrected chi connectivity index (χ4v) is 1.97. The highest BCUT2D eigenvalue weighted by Gasteiger charge is 2.18. The summed E-state index contributed by atoms with van der Waals surface area (Å²) in [5, 5.41) is 2.98. The topological polar surface area (TPSA) is 58.4 Å². The summed E-state index contributed by atoms with van der Waals surface area (Å²) in [4.78, 5) is 13.8. The minimum atomic E-state index is -0.0636. The van der Waals surface area contributed by atoms with Crippen LogP contribution in [0.4, 0.5) is 0 Å². The second-order valence-corrected chi connectivity index (χ2v) is 4.65. The van der Waals surface area contributed by atoms with Gasteiger partial charge in [-0.15, -0.1) is 0 Å². The van der Waals surface area contributed by atoms with Gasteiger partial charge >= 0.3 is 0 Å². The largest absolute Gasteiger partial charge is 0.356 e. The van der Waals surface area contributed by atoms with Gasteiger partial charge in [-0.2, -0.15) is 0 Å². The van der Waals surface area contributed by atoms with E-state index >= 15 is 0 Å². The smallest absolute Gasteiger partial charge is 0.224 e. The highest BCUT2D eigenvalue weighted by Crippen LogP contribution is 2.13. The number of nitrogens with zero attached hydrogens (tertiary/aromatic N) is 1. The highest BCUT2D eigenvalue weighted by molar-refractivity contribution is 5.78. The van der Waals surface area contributed by atoms with Crippen LogP contribution in [0, 0.1) is 11.8 Å². The molecule has 15 heavy (non-hydrogen) atoms. The molecular weight excluding hydrogens is 190 g/mol. The number of nitrogens with one attached hydrogen (secondary N) is 1. The van der Waals surface area contributed by atoms with Gasteiger partial charge in [-0.25, -0.2) is 0 Å². The van der Waals surface area contributed by atoms with Crippen LogP contribution in [0.25, 0.3) is 0 Å². The Morgan fingerprint density at radius 1 is 1.67 bits per heavy atom. The third-order valence-electron chi connectivity index (χ3n) is 3.09. The number of rotatable bonds is 4. The zero-order chi connectivity index (χ0) is 11.3. The van der Waals surface area contributed by atoms with Crippen LogP contribution in [0.5, 0.6) is 0 Å². The van der Waals surface area contributed by atoms with Crippen molar-refractivity contribution < 1.29 is 4.79 Å². The molecule has 1 aliphatic heterocycles. The average Bonchev–Trinajstić information content (AvgIpc) is 2.25. The molecule has 1 rings (SSSR count). The predicted octanol–water partition coefficient (Wildman–Crippen LogP) is 0.0392. The molecule has 4 heteroatoms. The van der Waals surface area contributed by atoms with Gasteiger partial charge in [0.05, 0.1) is 0 Å². The molecule has 1 amide bonds. The van der Waals surface area contributed by atoms with Crippen LogP contribution in [0.3, 0.4) is 0 Å². The van der Waals surface area contributed by atoms with Crippen molar-refractivity contribution in [2.45, 2.75) is 19.8 Å². The predicted molar refractivity (Wildman–Crippen MR) is 61.4 cm³/mol. The first kappa shape index (κ1) is 12.5. The summed E-state index contributed by atoms with van der Waals surface area (Å²) in [7, 11) is 2.14. The first-order valence-electron chi connectivity index (χ1n) is 5.79. The van der Waals surface area contributed by atoms with Crippen LogP contribution in [0.2, 0.25) is 0 Å². The molecule has 2 unspecified atom stereocenters. The van der Waals surface area contributed by atoms with Crippen LogP contribution in [0.1, 0.15) is 19.8 Å². The Bertz CT molecular complexity index is 208. The summed E-state index contributed by atoms with van der Waals surface area (Å²) in [5.74, 6) is 0.634. The number of hydrogen-bond donors (Lipinski definition) is 2. The molecule has 4 nitrogen and oxygen atoms in total. The number of hydrogen-bond acceptors (Lipinski definition) is 3. The van der Waals surface area contributed by atoms with Gasteiger partial charge in [0.2, 0.25) is 5.91 Å².